The van der Waals surface area contributed by atoms with Crippen molar-refractivity contribution in [2.45, 2.75) is 52.0 Å². The molecule has 0 saturated carbocycles. The average molecular weight is 197 g/mol. The zero-order valence-electron chi connectivity index (χ0n) is 9.44. The second kappa shape index (κ2) is 2.98. The van der Waals surface area contributed by atoms with E-state index < -0.39 is 0 Å². The van der Waals surface area contributed by atoms with E-state index >= 15 is 0 Å². The standard InChI is InChI=1S/C12H20FN/c1-11(2,3)12-6-4-8-14(12)10(9-13)5-7-12/h9H,4-8H2,1-3H3/b10-9+. The van der Waals surface area contributed by atoms with Gasteiger partial charge in [0.1, 0.15) is 6.33 Å². The molecule has 1 unspecified atom stereocenters. The van der Waals surface area contributed by atoms with E-state index in [0.29, 0.717) is 0 Å². The first-order valence-electron chi connectivity index (χ1n) is 5.58. The Bertz CT molecular complexity index is 264. The predicted molar refractivity (Wildman–Crippen MR) is 56.6 cm³/mol. The Balaban J connectivity index is 2.36. The summed E-state index contributed by atoms with van der Waals surface area (Å²) >= 11 is 0. The van der Waals surface area contributed by atoms with Gasteiger partial charge in [0.05, 0.1) is 0 Å². The number of allylic oxidation sites excluding steroid dienone is 1. The molecule has 0 bridgehead atoms. The van der Waals surface area contributed by atoms with E-state index in [0.717, 1.165) is 31.4 Å². The predicted octanol–water partition coefficient (Wildman–Crippen LogP) is 3.47. The molecule has 0 N–H and O–H groups in total. The van der Waals surface area contributed by atoms with Crippen molar-refractivity contribution in [3.63, 3.8) is 0 Å². The van der Waals surface area contributed by atoms with Crippen molar-refractivity contribution in [1.82, 2.24) is 4.90 Å². The summed E-state index contributed by atoms with van der Waals surface area (Å²) in [6.07, 6.45) is 5.32. The van der Waals surface area contributed by atoms with Gasteiger partial charge in [-0.2, -0.15) is 0 Å². The summed E-state index contributed by atoms with van der Waals surface area (Å²) in [5.41, 5.74) is 1.43. The van der Waals surface area contributed by atoms with Crippen LogP contribution in [-0.2, 0) is 0 Å². The SMILES string of the molecule is CC(C)(C)C12CCCN1/C(=C/F)CC2. The maximum atomic E-state index is 12.7. The molecule has 1 atom stereocenters. The van der Waals surface area contributed by atoms with Gasteiger partial charge < -0.3 is 4.90 Å². The fourth-order valence-corrected chi connectivity index (χ4v) is 3.30. The molecule has 80 valence electrons. The lowest BCUT2D eigenvalue weighted by atomic mass is 9.71. The van der Waals surface area contributed by atoms with Crippen molar-refractivity contribution in [3.8, 4) is 0 Å². The van der Waals surface area contributed by atoms with Crippen LogP contribution in [-0.4, -0.2) is 17.0 Å². The van der Waals surface area contributed by atoms with Crippen LogP contribution >= 0.6 is 0 Å². The third-order valence-corrected chi connectivity index (χ3v) is 4.15. The van der Waals surface area contributed by atoms with Crippen molar-refractivity contribution in [1.29, 1.82) is 0 Å². The molecular weight excluding hydrogens is 177 g/mol. The number of nitrogens with zero attached hydrogens (tertiary/aromatic N) is 1. The Kier molecular flexibility index (Phi) is 2.13. The summed E-state index contributed by atoms with van der Waals surface area (Å²) in [6.45, 7) is 7.90. The summed E-state index contributed by atoms with van der Waals surface area (Å²) in [5, 5.41) is 0. The Morgan fingerprint density at radius 2 is 2.07 bits per heavy atom. The fourth-order valence-electron chi connectivity index (χ4n) is 3.30. The lowest BCUT2D eigenvalue weighted by Gasteiger charge is -2.45. The molecule has 1 nitrogen and oxygen atoms in total. The van der Waals surface area contributed by atoms with Crippen LogP contribution in [0.3, 0.4) is 0 Å². The minimum Gasteiger partial charge on any atom is -0.367 e. The van der Waals surface area contributed by atoms with Crippen LogP contribution in [0.5, 0.6) is 0 Å². The first kappa shape index (κ1) is 10.0. The van der Waals surface area contributed by atoms with Crippen molar-refractivity contribution in [2.24, 2.45) is 5.41 Å². The lowest BCUT2D eigenvalue weighted by Crippen LogP contribution is -2.48. The fraction of sp³-hybridized carbons (Fsp3) is 0.833. The van der Waals surface area contributed by atoms with Gasteiger partial charge in [-0.3, -0.25) is 0 Å². The Morgan fingerprint density at radius 3 is 2.64 bits per heavy atom. The smallest absolute Gasteiger partial charge is 0.106 e. The molecule has 0 aliphatic carbocycles. The highest BCUT2D eigenvalue weighted by Crippen LogP contribution is 2.53. The summed E-state index contributed by atoms with van der Waals surface area (Å²) in [7, 11) is 0. The first-order valence-corrected chi connectivity index (χ1v) is 5.58. The first-order chi connectivity index (χ1) is 6.51. The molecule has 2 aliphatic rings. The molecule has 0 aromatic rings. The van der Waals surface area contributed by atoms with E-state index in [9.17, 15) is 4.39 Å². The summed E-state index contributed by atoms with van der Waals surface area (Å²) in [6, 6.07) is 0. The Hall–Kier alpha value is -0.530. The van der Waals surface area contributed by atoms with Crippen LogP contribution in [0.1, 0.15) is 46.5 Å². The number of hydrogen-bond donors (Lipinski definition) is 0. The molecule has 2 rings (SSSR count). The topological polar surface area (TPSA) is 3.24 Å². The van der Waals surface area contributed by atoms with Gasteiger partial charge in [-0.15, -0.1) is 0 Å². The zero-order chi connectivity index (χ0) is 10.4. The van der Waals surface area contributed by atoms with E-state index in [1.165, 1.54) is 12.8 Å². The highest BCUT2D eigenvalue weighted by molar-refractivity contribution is 5.19. The normalized spacial score (nSPS) is 35.4. The number of fused-ring (bicyclic) bond motifs is 1. The molecule has 2 saturated heterocycles. The summed E-state index contributed by atoms with van der Waals surface area (Å²) < 4.78 is 12.7. The number of halogens is 1. The number of hydrogen-bond acceptors (Lipinski definition) is 1. The third kappa shape index (κ3) is 1.12. The van der Waals surface area contributed by atoms with Gasteiger partial charge in [0, 0.05) is 17.8 Å². The van der Waals surface area contributed by atoms with Crippen molar-refractivity contribution >= 4 is 0 Å². The second-order valence-electron chi connectivity index (χ2n) is 5.64. The molecular formula is C12H20FN. The molecule has 2 heterocycles. The Labute approximate surface area is 86.0 Å². The average Bonchev–Trinajstić information content (AvgIpc) is 2.58. The van der Waals surface area contributed by atoms with E-state index in [4.69, 9.17) is 0 Å². The molecule has 0 aromatic carbocycles. The number of rotatable bonds is 0. The zero-order valence-corrected chi connectivity index (χ0v) is 9.44. The van der Waals surface area contributed by atoms with E-state index in [1.807, 2.05) is 0 Å². The molecule has 0 aromatic heterocycles. The third-order valence-electron chi connectivity index (χ3n) is 4.15. The largest absolute Gasteiger partial charge is 0.367 e. The minimum atomic E-state index is 0.241. The molecule has 2 aliphatic heterocycles. The van der Waals surface area contributed by atoms with Crippen molar-refractivity contribution in [2.75, 3.05) is 6.54 Å². The van der Waals surface area contributed by atoms with E-state index in [1.54, 1.807) is 0 Å². The lowest BCUT2D eigenvalue weighted by molar-refractivity contribution is 0.0773. The van der Waals surface area contributed by atoms with Crippen molar-refractivity contribution < 1.29 is 4.39 Å². The van der Waals surface area contributed by atoms with E-state index in [2.05, 4.69) is 25.7 Å². The van der Waals surface area contributed by atoms with Crippen LogP contribution < -0.4 is 0 Å². The van der Waals surface area contributed by atoms with Gasteiger partial charge in [0.2, 0.25) is 0 Å². The highest BCUT2D eigenvalue weighted by Gasteiger charge is 2.53. The maximum Gasteiger partial charge on any atom is 0.106 e. The monoisotopic (exact) mass is 197 g/mol. The molecule has 14 heavy (non-hydrogen) atoms. The van der Waals surface area contributed by atoms with Gasteiger partial charge >= 0.3 is 0 Å². The molecule has 0 radical (unpaired) electrons. The van der Waals surface area contributed by atoms with Crippen molar-refractivity contribution in [3.05, 3.63) is 12.0 Å². The van der Waals surface area contributed by atoms with Gasteiger partial charge in [-0.05, 0) is 31.1 Å². The van der Waals surface area contributed by atoms with Gasteiger partial charge in [0.25, 0.3) is 0 Å². The maximum absolute atomic E-state index is 12.7. The van der Waals surface area contributed by atoms with Crippen LogP contribution in [0.4, 0.5) is 4.39 Å². The van der Waals surface area contributed by atoms with Gasteiger partial charge in [-0.25, -0.2) is 4.39 Å². The molecule has 2 fully saturated rings. The van der Waals surface area contributed by atoms with Crippen LogP contribution in [0.25, 0.3) is 0 Å². The molecule has 0 spiro atoms. The van der Waals surface area contributed by atoms with Crippen LogP contribution in [0, 0.1) is 5.41 Å². The quantitative estimate of drug-likeness (QED) is 0.574. The molecule has 0 amide bonds. The second-order valence-corrected chi connectivity index (χ2v) is 5.64. The summed E-state index contributed by atoms with van der Waals surface area (Å²) in [4.78, 5) is 2.33. The Morgan fingerprint density at radius 1 is 1.36 bits per heavy atom. The highest BCUT2D eigenvalue weighted by atomic mass is 19.1. The van der Waals surface area contributed by atoms with Crippen LogP contribution in [0.2, 0.25) is 0 Å². The van der Waals surface area contributed by atoms with E-state index in [-0.39, 0.29) is 11.0 Å². The summed E-state index contributed by atoms with van der Waals surface area (Å²) in [5.74, 6) is 0. The van der Waals surface area contributed by atoms with Crippen LogP contribution in [0.15, 0.2) is 12.0 Å². The minimum absolute atomic E-state index is 0.241. The van der Waals surface area contributed by atoms with Gasteiger partial charge in [-0.1, -0.05) is 20.8 Å². The molecule has 2 heteroatoms. The van der Waals surface area contributed by atoms with Gasteiger partial charge in [0.15, 0.2) is 0 Å².